The van der Waals surface area contributed by atoms with Crippen LogP contribution >= 0.6 is 0 Å². The van der Waals surface area contributed by atoms with Crippen LogP contribution in [0.25, 0.3) is 0 Å². The molecule has 20 heavy (non-hydrogen) atoms. The van der Waals surface area contributed by atoms with Gasteiger partial charge in [-0.15, -0.1) is 0 Å². The fraction of sp³-hybridized carbons (Fsp3) is 0.455. The molecule has 0 amide bonds. The van der Waals surface area contributed by atoms with Crippen molar-refractivity contribution in [3.05, 3.63) is 65.7 Å². The zero-order valence-corrected chi connectivity index (χ0v) is 10.7. The summed E-state index contributed by atoms with van der Waals surface area (Å²) in [5.41, 5.74) is 1.79. The van der Waals surface area contributed by atoms with Crippen LogP contribution < -0.4 is 0 Å². The van der Waals surface area contributed by atoms with Gasteiger partial charge < -0.3 is 0 Å². The third kappa shape index (κ3) is 2.87. The smallest absolute Gasteiger partial charge is 0.253 e. The normalized spacial score (nSPS) is 11.1. The van der Waals surface area contributed by atoms with Gasteiger partial charge in [-0.1, -0.05) is 24.3 Å². The SMILES string of the molecule is Cc1ccccc1CCCC([N+](=O)[O-])([N+](=O)[O-])[N+](=O)[O-]. The minimum Gasteiger partial charge on any atom is -0.253 e. The first-order valence-corrected chi connectivity index (χ1v) is 5.80. The molecular formula is C11H13N3O6. The summed E-state index contributed by atoms with van der Waals surface area (Å²) in [6, 6.07) is 7.19. The number of aryl methyl sites for hydroxylation is 2. The highest BCUT2D eigenvalue weighted by Gasteiger charge is 2.69. The van der Waals surface area contributed by atoms with E-state index < -0.39 is 27.0 Å². The quantitative estimate of drug-likeness (QED) is 0.426. The van der Waals surface area contributed by atoms with Gasteiger partial charge in [-0.2, -0.15) is 0 Å². The number of nitrogens with zero attached hydrogens (tertiary/aromatic N) is 3. The van der Waals surface area contributed by atoms with Gasteiger partial charge in [0.05, 0.1) is 0 Å². The Labute approximate surface area is 113 Å². The van der Waals surface area contributed by atoms with Crippen molar-refractivity contribution in [2.45, 2.75) is 32.0 Å². The molecule has 108 valence electrons. The van der Waals surface area contributed by atoms with Gasteiger partial charge in [0.2, 0.25) is 0 Å². The second-order valence-corrected chi connectivity index (χ2v) is 4.33. The Kier molecular flexibility index (Phi) is 4.68. The zero-order chi connectivity index (χ0) is 15.3. The molecule has 0 spiro atoms. The molecule has 0 aliphatic heterocycles. The fourth-order valence-corrected chi connectivity index (χ4v) is 1.88. The molecule has 1 rings (SSSR count). The maximum atomic E-state index is 10.7. The molecule has 0 radical (unpaired) electrons. The molecule has 0 saturated heterocycles. The lowest BCUT2D eigenvalue weighted by molar-refractivity contribution is -0.970. The molecular weight excluding hydrogens is 270 g/mol. The Hall–Kier alpha value is -2.58. The maximum Gasteiger partial charge on any atom is 0.699 e. The number of rotatable bonds is 7. The highest BCUT2D eigenvalue weighted by molar-refractivity contribution is 5.25. The molecule has 0 atom stereocenters. The molecule has 0 N–H and O–H groups in total. The molecule has 9 heteroatoms. The van der Waals surface area contributed by atoms with Crippen molar-refractivity contribution < 1.29 is 14.8 Å². The van der Waals surface area contributed by atoms with E-state index in [9.17, 15) is 30.3 Å². The predicted molar refractivity (Wildman–Crippen MR) is 67.8 cm³/mol. The van der Waals surface area contributed by atoms with E-state index in [1.54, 1.807) is 12.1 Å². The van der Waals surface area contributed by atoms with Crippen LogP contribution in [0.4, 0.5) is 0 Å². The van der Waals surface area contributed by atoms with E-state index in [1.807, 2.05) is 19.1 Å². The molecule has 1 aromatic carbocycles. The highest BCUT2D eigenvalue weighted by atomic mass is 16.7. The van der Waals surface area contributed by atoms with E-state index >= 15 is 0 Å². The summed E-state index contributed by atoms with van der Waals surface area (Å²) in [5, 5.41) is 32.2. The van der Waals surface area contributed by atoms with Gasteiger partial charge >= 0.3 is 5.79 Å². The summed E-state index contributed by atoms with van der Waals surface area (Å²) >= 11 is 0. The van der Waals surface area contributed by atoms with Crippen molar-refractivity contribution >= 4 is 0 Å². The van der Waals surface area contributed by atoms with E-state index in [-0.39, 0.29) is 6.42 Å². The van der Waals surface area contributed by atoms with Crippen LogP contribution in [-0.4, -0.2) is 20.6 Å². The second kappa shape index (κ2) is 6.04. The van der Waals surface area contributed by atoms with E-state index in [2.05, 4.69) is 0 Å². The molecule has 0 unspecified atom stereocenters. The summed E-state index contributed by atoms with van der Waals surface area (Å²) in [7, 11) is 0. The molecule has 9 nitrogen and oxygen atoms in total. The number of nitro groups is 3. The first kappa shape index (κ1) is 15.5. The molecule has 0 aliphatic carbocycles. The van der Waals surface area contributed by atoms with Crippen LogP contribution in [0.3, 0.4) is 0 Å². The molecule has 0 aromatic heterocycles. The van der Waals surface area contributed by atoms with Crippen LogP contribution in [0.5, 0.6) is 0 Å². The summed E-state index contributed by atoms with van der Waals surface area (Å²) in [4.78, 5) is 27.9. The Morgan fingerprint density at radius 2 is 1.50 bits per heavy atom. The first-order valence-electron chi connectivity index (χ1n) is 5.80. The maximum absolute atomic E-state index is 10.7. The van der Waals surface area contributed by atoms with Crippen LogP contribution in [0.1, 0.15) is 24.0 Å². The minimum absolute atomic E-state index is 0.0200. The van der Waals surface area contributed by atoms with Crippen molar-refractivity contribution in [1.82, 2.24) is 0 Å². The van der Waals surface area contributed by atoms with E-state index in [1.165, 1.54) is 0 Å². The van der Waals surface area contributed by atoms with E-state index in [0.717, 1.165) is 11.1 Å². The Balaban J connectivity index is 2.84. The van der Waals surface area contributed by atoms with Crippen molar-refractivity contribution in [3.63, 3.8) is 0 Å². The van der Waals surface area contributed by atoms with Crippen LogP contribution in [0.15, 0.2) is 24.3 Å². The Morgan fingerprint density at radius 1 is 1.00 bits per heavy atom. The third-order valence-corrected chi connectivity index (χ3v) is 3.10. The van der Waals surface area contributed by atoms with Crippen molar-refractivity contribution in [2.75, 3.05) is 0 Å². The summed E-state index contributed by atoms with van der Waals surface area (Å²) < 4.78 is 0. The third-order valence-electron chi connectivity index (χ3n) is 3.10. The van der Waals surface area contributed by atoms with E-state index in [0.29, 0.717) is 6.42 Å². The van der Waals surface area contributed by atoms with Crippen LogP contribution in [-0.2, 0) is 6.42 Å². The van der Waals surface area contributed by atoms with Gasteiger partial charge in [-0.25, -0.2) is 0 Å². The van der Waals surface area contributed by atoms with Crippen LogP contribution in [0.2, 0.25) is 0 Å². The highest BCUT2D eigenvalue weighted by Crippen LogP contribution is 2.21. The van der Waals surface area contributed by atoms with Crippen LogP contribution in [0, 0.1) is 37.3 Å². The van der Waals surface area contributed by atoms with Crippen molar-refractivity contribution in [1.29, 1.82) is 0 Å². The van der Waals surface area contributed by atoms with Crippen molar-refractivity contribution in [2.24, 2.45) is 0 Å². The minimum atomic E-state index is -3.36. The largest absolute Gasteiger partial charge is 0.699 e. The molecule has 1 aromatic rings. The molecule has 0 heterocycles. The predicted octanol–water partition coefficient (Wildman–Crippen LogP) is 1.80. The molecule has 0 bridgehead atoms. The summed E-state index contributed by atoms with van der Waals surface area (Å²) in [6.07, 6.45) is -0.466. The molecule has 0 saturated carbocycles. The molecule has 0 fully saturated rings. The van der Waals surface area contributed by atoms with Gasteiger partial charge in [0.15, 0.2) is 21.2 Å². The van der Waals surface area contributed by atoms with Gasteiger partial charge in [0.1, 0.15) is 0 Å². The Bertz CT molecular complexity index is 509. The number of hydrogen-bond acceptors (Lipinski definition) is 6. The molecule has 0 aliphatic rings. The Morgan fingerprint density at radius 3 is 1.95 bits per heavy atom. The topological polar surface area (TPSA) is 129 Å². The van der Waals surface area contributed by atoms with Gasteiger partial charge in [-0.05, 0) is 30.9 Å². The summed E-state index contributed by atoms with van der Waals surface area (Å²) in [6.45, 7) is 1.83. The first-order chi connectivity index (χ1) is 9.32. The monoisotopic (exact) mass is 283 g/mol. The standard InChI is InChI=1S/C11H13N3O6/c1-9-5-2-3-6-10(9)7-4-8-11(12(15)16,13(17)18)14(19)20/h2-3,5-6H,4,7-8H2,1H3. The lowest BCUT2D eigenvalue weighted by atomic mass is 10.0. The fourth-order valence-electron chi connectivity index (χ4n) is 1.88. The average molecular weight is 283 g/mol. The number of benzene rings is 1. The van der Waals surface area contributed by atoms with Gasteiger partial charge in [0, 0.05) is 0 Å². The lowest BCUT2D eigenvalue weighted by Crippen LogP contribution is -2.53. The summed E-state index contributed by atoms with van der Waals surface area (Å²) in [5.74, 6) is -3.36. The zero-order valence-electron chi connectivity index (χ0n) is 10.7. The van der Waals surface area contributed by atoms with Crippen molar-refractivity contribution in [3.8, 4) is 0 Å². The van der Waals surface area contributed by atoms with Gasteiger partial charge in [0.25, 0.3) is 0 Å². The number of hydrogen-bond donors (Lipinski definition) is 0. The second-order valence-electron chi connectivity index (χ2n) is 4.33. The lowest BCUT2D eigenvalue weighted by Gasteiger charge is -2.09. The average Bonchev–Trinajstić information content (AvgIpc) is 2.35. The van der Waals surface area contributed by atoms with E-state index in [4.69, 9.17) is 0 Å². The van der Waals surface area contributed by atoms with Gasteiger partial charge in [-0.3, -0.25) is 30.3 Å².